The van der Waals surface area contributed by atoms with E-state index in [-0.39, 0.29) is 0 Å². The number of piperidine rings is 1. The van der Waals surface area contributed by atoms with Crippen LogP contribution in [0.25, 0.3) is 0 Å². The minimum Gasteiger partial charge on any atom is -0.330 e. The molecule has 2 bridgehead atoms. The number of nitrogens with two attached hydrogens (primary N) is 1. The first-order chi connectivity index (χ1) is 7.88. The summed E-state index contributed by atoms with van der Waals surface area (Å²) >= 11 is 0. The molecule has 2 heteroatoms. The standard InChI is InChI=1S/C14H26N2/c15-9-11-8-12-6-7-13(16-12)14(11)10-4-2-1-3-5-10/h10-14,16H,1-9,15H2. The highest BCUT2D eigenvalue weighted by molar-refractivity contribution is 5.00. The van der Waals surface area contributed by atoms with Gasteiger partial charge in [0.2, 0.25) is 0 Å². The van der Waals surface area contributed by atoms with Crippen molar-refractivity contribution in [3.8, 4) is 0 Å². The van der Waals surface area contributed by atoms with E-state index in [0.717, 1.165) is 36.4 Å². The van der Waals surface area contributed by atoms with Crippen molar-refractivity contribution in [2.45, 2.75) is 63.5 Å². The Morgan fingerprint density at radius 2 is 1.81 bits per heavy atom. The first-order valence-electron chi connectivity index (χ1n) is 7.34. The van der Waals surface area contributed by atoms with E-state index < -0.39 is 0 Å². The number of hydrogen-bond donors (Lipinski definition) is 2. The molecule has 0 amide bonds. The highest BCUT2D eigenvalue weighted by Crippen LogP contribution is 2.43. The van der Waals surface area contributed by atoms with Gasteiger partial charge in [0.05, 0.1) is 0 Å². The van der Waals surface area contributed by atoms with Crippen LogP contribution in [0.1, 0.15) is 51.4 Å². The summed E-state index contributed by atoms with van der Waals surface area (Å²) in [5.74, 6) is 2.71. The predicted molar refractivity (Wildman–Crippen MR) is 67.2 cm³/mol. The SMILES string of the molecule is NCC1CC2CCC(N2)C1C1CCCCC1. The van der Waals surface area contributed by atoms with Crippen LogP contribution in [0, 0.1) is 17.8 Å². The fourth-order valence-electron chi connectivity index (χ4n) is 4.68. The minimum atomic E-state index is 0.804. The summed E-state index contributed by atoms with van der Waals surface area (Å²) in [6.45, 7) is 0.926. The Morgan fingerprint density at radius 1 is 1.00 bits per heavy atom. The van der Waals surface area contributed by atoms with Crippen molar-refractivity contribution < 1.29 is 0 Å². The zero-order valence-corrected chi connectivity index (χ0v) is 10.3. The molecular weight excluding hydrogens is 196 g/mol. The Bertz CT molecular complexity index is 235. The van der Waals surface area contributed by atoms with Crippen molar-refractivity contribution in [3.63, 3.8) is 0 Å². The van der Waals surface area contributed by atoms with Crippen LogP contribution in [0.3, 0.4) is 0 Å². The Labute approximate surface area is 99.4 Å². The van der Waals surface area contributed by atoms with Crippen LogP contribution in [0.5, 0.6) is 0 Å². The van der Waals surface area contributed by atoms with Crippen molar-refractivity contribution in [1.29, 1.82) is 0 Å². The normalized spacial score (nSPS) is 44.8. The fourth-order valence-corrected chi connectivity index (χ4v) is 4.68. The molecule has 2 saturated heterocycles. The van der Waals surface area contributed by atoms with E-state index in [9.17, 15) is 0 Å². The second-order valence-corrected chi connectivity index (χ2v) is 6.25. The van der Waals surface area contributed by atoms with Crippen LogP contribution in [0.15, 0.2) is 0 Å². The Morgan fingerprint density at radius 3 is 2.56 bits per heavy atom. The quantitative estimate of drug-likeness (QED) is 0.752. The van der Waals surface area contributed by atoms with Crippen LogP contribution in [0.4, 0.5) is 0 Å². The molecule has 4 unspecified atom stereocenters. The molecule has 0 spiro atoms. The lowest BCUT2D eigenvalue weighted by Crippen LogP contribution is -2.50. The second-order valence-electron chi connectivity index (χ2n) is 6.25. The average Bonchev–Trinajstić information content (AvgIpc) is 2.72. The lowest BCUT2D eigenvalue weighted by atomic mass is 9.68. The van der Waals surface area contributed by atoms with Gasteiger partial charge in [0, 0.05) is 12.1 Å². The maximum absolute atomic E-state index is 6.02. The van der Waals surface area contributed by atoms with Crippen molar-refractivity contribution >= 4 is 0 Å². The Kier molecular flexibility index (Phi) is 3.21. The Hall–Kier alpha value is -0.0800. The maximum atomic E-state index is 6.02. The summed E-state index contributed by atoms with van der Waals surface area (Å²) < 4.78 is 0. The van der Waals surface area contributed by atoms with Gasteiger partial charge in [0.25, 0.3) is 0 Å². The average molecular weight is 222 g/mol. The third-order valence-corrected chi connectivity index (χ3v) is 5.37. The topological polar surface area (TPSA) is 38.0 Å². The van der Waals surface area contributed by atoms with E-state index in [1.54, 1.807) is 0 Å². The van der Waals surface area contributed by atoms with Crippen LogP contribution in [-0.2, 0) is 0 Å². The fraction of sp³-hybridized carbons (Fsp3) is 1.00. The van der Waals surface area contributed by atoms with E-state index in [0.29, 0.717) is 0 Å². The van der Waals surface area contributed by atoms with Crippen LogP contribution in [0.2, 0.25) is 0 Å². The molecule has 2 nitrogen and oxygen atoms in total. The number of hydrogen-bond acceptors (Lipinski definition) is 2. The van der Waals surface area contributed by atoms with Gasteiger partial charge in [-0.25, -0.2) is 0 Å². The third kappa shape index (κ3) is 1.91. The lowest BCUT2D eigenvalue weighted by Gasteiger charge is -2.43. The molecule has 3 aliphatic rings. The van der Waals surface area contributed by atoms with Gasteiger partial charge in [-0.3, -0.25) is 0 Å². The zero-order valence-electron chi connectivity index (χ0n) is 10.3. The Balaban J connectivity index is 1.73. The molecule has 3 N–H and O–H groups in total. The van der Waals surface area contributed by atoms with Gasteiger partial charge < -0.3 is 11.1 Å². The zero-order chi connectivity index (χ0) is 11.0. The van der Waals surface area contributed by atoms with E-state index in [4.69, 9.17) is 5.73 Å². The van der Waals surface area contributed by atoms with Crippen molar-refractivity contribution in [3.05, 3.63) is 0 Å². The van der Waals surface area contributed by atoms with Gasteiger partial charge in [-0.2, -0.15) is 0 Å². The molecule has 1 saturated carbocycles. The molecular formula is C14H26N2. The van der Waals surface area contributed by atoms with Crippen molar-refractivity contribution in [2.24, 2.45) is 23.5 Å². The summed E-state index contributed by atoms with van der Waals surface area (Å²) in [5, 5.41) is 3.85. The molecule has 2 heterocycles. The van der Waals surface area contributed by atoms with Gasteiger partial charge >= 0.3 is 0 Å². The highest BCUT2D eigenvalue weighted by atomic mass is 15.0. The highest BCUT2D eigenvalue weighted by Gasteiger charge is 2.44. The van der Waals surface area contributed by atoms with Crippen LogP contribution in [-0.4, -0.2) is 18.6 Å². The van der Waals surface area contributed by atoms with Gasteiger partial charge in [-0.05, 0) is 43.6 Å². The summed E-state index contributed by atoms with van der Waals surface area (Å²) in [6, 6.07) is 1.62. The second kappa shape index (κ2) is 4.66. The smallest absolute Gasteiger partial charge is 0.0104 e. The maximum Gasteiger partial charge on any atom is 0.0104 e. The summed E-state index contributed by atoms with van der Waals surface area (Å²) in [7, 11) is 0. The van der Waals surface area contributed by atoms with Crippen LogP contribution >= 0.6 is 0 Å². The number of nitrogens with one attached hydrogen (secondary N) is 1. The summed E-state index contributed by atoms with van der Waals surface area (Å²) in [6.07, 6.45) is 11.5. The van der Waals surface area contributed by atoms with E-state index in [1.165, 1.54) is 51.4 Å². The third-order valence-electron chi connectivity index (χ3n) is 5.37. The molecule has 92 valence electrons. The number of rotatable bonds is 2. The minimum absolute atomic E-state index is 0.804. The van der Waals surface area contributed by atoms with Gasteiger partial charge in [0.15, 0.2) is 0 Å². The van der Waals surface area contributed by atoms with Crippen molar-refractivity contribution in [1.82, 2.24) is 5.32 Å². The molecule has 2 aliphatic heterocycles. The monoisotopic (exact) mass is 222 g/mol. The predicted octanol–water partition coefficient (Wildman–Crippen LogP) is 2.28. The lowest BCUT2D eigenvalue weighted by molar-refractivity contribution is 0.105. The molecule has 1 aliphatic carbocycles. The molecule has 16 heavy (non-hydrogen) atoms. The summed E-state index contributed by atoms with van der Waals surface area (Å²) in [5.41, 5.74) is 6.02. The van der Waals surface area contributed by atoms with Gasteiger partial charge in [-0.15, -0.1) is 0 Å². The molecule has 3 rings (SSSR count). The van der Waals surface area contributed by atoms with Gasteiger partial charge in [0.1, 0.15) is 0 Å². The van der Waals surface area contributed by atoms with E-state index in [2.05, 4.69) is 5.32 Å². The van der Waals surface area contributed by atoms with Crippen molar-refractivity contribution in [2.75, 3.05) is 6.54 Å². The largest absolute Gasteiger partial charge is 0.330 e. The first-order valence-corrected chi connectivity index (χ1v) is 7.34. The molecule has 0 radical (unpaired) electrons. The number of fused-ring (bicyclic) bond motifs is 2. The van der Waals surface area contributed by atoms with E-state index >= 15 is 0 Å². The van der Waals surface area contributed by atoms with Gasteiger partial charge in [-0.1, -0.05) is 32.1 Å². The molecule has 0 aromatic rings. The molecule has 0 aromatic heterocycles. The molecule has 4 atom stereocenters. The molecule has 3 fully saturated rings. The van der Waals surface area contributed by atoms with Crippen LogP contribution < -0.4 is 11.1 Å². The first kappa shape index (κ1) is 11.0. The molecule has 0 aromatic carbocycles. The summed E-state index contributed by atoms with van der Waals surface area (Å²) in [4.78, 5) is 0. The van der Waals surface area contributed by atoms with E-state index in [1.807, 2.05) is 0 Å².